The summed E-state index contributed by atoms with van der Waals surface area (Å²) >= 11 is 4.79. The minimum Gasteiger partial charge on any atom is -0.497 e. The summed E-state index contributed by atoms with van der Waals surface area (Å²) in [4.78, 5) is 19.3. The van der Waals surface area contributed by atoms with Gasteiger partial charge in [0, 0.05) is 17.1 Å². The van der Waals surface area contributed by atoms with Crippen LogP contribution in [0.1, 0.15) is 5.56 Å². The molecule has 7 heteroatoms. The zero-order valence-electron chi connectivity index (χ0n) is 14.5. The van der Waals surface area contributed by atoms with Gasteiger partial charge in [-0.2, -0.15) is 0 Å². The van der Waals surface area contributed by atoms with Crippen molar-refractivity contribution in [1.29, 1.82) is 0 Å². The molecule has 2 aromatic carbocycles. The number of amidine groups is 1. The molecule has 1 amide bonds. The Balaban J connectivity index is 1.91. The molecule has 0 spiro atoms. The average Bonchev–Trinajstić information content (AvgIpc) is 2.90. The topological polar surface area (TPSA) is 51.1 Å². The van der Waals surface area contributed by atoms with E-state index in [9.17, 15) is 4.79 Å². The van der Waals surface area contributed by atoms with Gasteiger partial charge in [0.05, 0.1) is 24.8 Å². The number of nitrogens with zero attached hydrogens (tertiary/aromatic N) is 2. The van der Waals surface area contributed by atoms with Crippen LogP contribution in [0.25, 0.3) is 6.08 Å². The van der Waals surface area contributed by atoms with Gasteiger partial charge in [0.2, 0.25) is 0 Å². The quantitative estimate of drug-likeness (QED) is 0.656. The van der Waals surface area contributed by atoms with Crippen molar-refractivity contribution in [2.45, 2.75) is 0 Å². The molecule has 0 aromatic heterocycles. The second kappa shape index (κ2) is 7.97. The first kappa shape index (κ1) is 18.5. The Hall–Kier alpha value is -2.25. The Bertz CT molecular complexity index is 894. The number of thioether (sulfide) groups is 1. The molecule has 1 heterocycles. The third kappa shape index (κ3) is 3.94. The second-order valence-electron chi connectivity index (χ2n) is 5.45. The normalized spacial score (nSPS) is 17.2. The summed E-state index contributed by atoms with van der Waals surface area (Å²) < 4.78 is 11.4. The van der Waals surface area contributed by atoms with Crippen LogP contribution in [-0.2, 0) is 4.79 Å². The van der Waals surface area contributed by atoms with E-state index in [0.717, 1.165) is 21.5 Å². The van der Waals surface area contributed by atoms with Gasteiger partial charge in [0.1, 0.15) is 11.5 Å². The van der Waals surface area contributed by atoms with Crippen LogP contribution >= 0.6 is 27.7 Å². The van der Waals surface area contributed by atoms with E-state index in [1.165, 1.54) is 11.8 Å². The molecule has 1 saturated heterocycles. The summed E-state index contributed by atoms with van der Waals surface area (Å²) in [6.45, 7) is 0. The van der Waals surface area contributed by atoms with Crippen molar-refractivity contribution in [3.05, 3.63) is 57.4 Å². The Labute approximate surface area is 164 Å². The van der Waals surface area contributed by atoms with E-state index >= 15 is 0 Å². The van der Waals surface area contributed by atoms with Gasteiger partial charge in [-0.1, -0.05) is 15.9 Å². The van der Waals surface area contributed by atoms with Crippen molar-refractivity contribution in [1.82, 2.24) is 4.90 Å². The largest absolute Gasteiger partial charge is 0.497 e. The number of halogens is 1. The maximum absolute atomic E-state index is 12.6. The minimum absolute atomic E-state index is 0.0932. The van der Waals surface area contributed by atoms with Crippen molar-refractivity contribution >= 4 is 50.5 Å². The fourth-order valence-corrected chi connectivity index (χ4v) is 3.73. The summed E-state index contributed by atoms with van der Waals surface area (Å²) in [6.07, 6.45) is 1.82. The smallest absolute Gasteiger partial charge is 0.266 e. The molecule has 0 unspecified atom stereocenters. The number of carbonyl (C=O) groups excluding carboxylic acids is 1. The fourth-order valence-electron chi connectivity index (χ4n) is 2.38. The van der Waals surface area contributed by atoms with Gasteiger partial charge in [-0.05, 0) is 60.3 Å². The van der Waals surface area contributed by atoms with E-state index < -0.39 is 0 Å². The van der Waals surface area contributed by atoms with Gasteiger partial charge in [-0.25, -0.2) is 4.99 Å². The predicted molar refractivity (Wildman–Crippen MR) is 109 cm³/mol. The molecular formula is C19H17BrN2O3S. The van der Waals surface area contributed by atoms with E-state index in [-0.39, 0.29) is 5.91 Å². The van der Waals surface area contributed by atoms with E-state index in [1.54, 1.807) is 26.2 Å². The highest BCUT2D eigenvalue weighted by atomic mass is 79.9. The standard InChI is InChI=1S/C19H17BrN2O3S/c1-22-18(23)17(11-12-10-13(20)4-9-16(12)25-3)26-19(22)21-14-5-7-15(24-2)8-6-14/h4-11H,1-3H3/b17-11+,21-19?. The van der Waals surface area contributed by atoms with E-state index in [1.807, 2.05) is 48.5 Å². The first-order valence-corrected chi connectivity index (χ1v) is 9.36. The third-order valence-electron chi connectivity index (χ3n) is 3.78. The monoisotopic (exact) mass is 432 g/mol. The highest BCUT2D eigenvalue weighted by molar-refractivity contribution is 9.10. The molecule has 134 valence electrons. The molecule has 0 radical (unpaired) electrons. The lowest BCUT2D eigenvalue weighted by molar-refractivity contribution is -0.121. The number of hydrogen-bond acceptors (Lipinski definition) is 5. The number of rotatable bonds is 4. The fraction of sp³-hybridized carbons (Fsp3) is 0.158. The Morgan fingerprint density at radius 3 is 2.50 bits per heavy atom. The molecule has 26 heavy (non-hydrogen) atoms. The number of benzene rings is 2. The van der Waals surface area contributed by atoms with Crippen LogP contribution in [0.3, 0.4) is 0 Å². The summed E-state index contributed by atoms with van der Waals surface area (Å²) in [6, 6.07) is 13.0. The van der Waals surface area contributed by atoms with Crippen LogP contribution in [0.4, 0.5) is 5.69 Å². The maximum Gasteiger partial charge on any atom is 0.266 e. The van der Waals surface area contributed by atoms with E-state index in [2.05, 4.69) is 20.9 Å². The number of methoxy groups -OCH3 is 2. The highest BCUT2D eigenvalue weighted by Gasteiger charge is 2.30. The zero-order valence-corrected chi connectivity index (χ0v) is 16.9. The molecule has 0 saturated carbocycles. The number of aliphatic imine (C=N–C) groups is 1. The van der Waals surface area contributed by atoms with Gasteiger partial charge in [-0.15, -0.1) is 0 Å². The molecule has 1 aliphatic rings. The van der Waals surface area contributed by atoms with Crippen molar-refractivity contribution < 1.29 is 14.3 Å². The van der Waals surface area contributed by atoms with Crippen molar-refractivity contribution in [2.24, 2.45) is 4.99 Å². The SMILES string of the molecule is COc1ccc(N=C2S/C(=C/c3cc(Br)ccc3OC)C(=O)N2C)cc1. The summed E-state index contributed by atoms with van der Waals surface area (Å²) in [5.74, 6) is 1.38. The zero-order chi connectivity index (χ0) is 18.7. The molecule has 1 fully saturated rings. The summed E-state index contributed by atoms with van der Waals surface area (Å²) in [5, 5.41) is 0.625. The number of ether oxygens (including phenoxy) is 2. The van der Waals surface area contributed by atoms with Crippen LogP contribution in [0.2, 0.25) is 0 Å². The lowest BCUT2D eigenvalue weighted by atomic mass is 10.2. The van der Waals surface area contributed by atoms with Crippen LogP contribution in [-0.4, -0.2) is 37.2 Å². The molecule has 1 aliphatic heterocycles. The van der Waals surface area contributed by atoms with Gasteiger partial charge < -0.3 is 9.47 Å². The predicted octanol–water partition coefficient (Wildman–Crippen LogP) is 4.70. The molecule has 2 aromatic rings. The van der Waals surface area contributed by atoms with Crippen LogP contribution in [0.15, 0.2) is 56.8 Å². The number of amides is 1. The number of carbonyl (C=O) groups is 1. The van der Waals surface area contributed by atoms with Gasteiger partial charge >= 0.3 is 0 Å². The van der Waals surface area contributed by atoms with E-state index in [4.69, 9.17) is 9.47 Å². The first-order valence-electron chi connectivity index (χ1n) is 7.75. The van der Waals surface area contributed by atoms with Crippen LogP contribution in [0.5, 0.6) is 11.5 Å². The molecule has 0 N–H and O–H groups in total. The average molecular weight is 433 g/mol. The first-order chi connectivity index (χ1) is 12.5. The summed E-state index contributed by atoms with van der Waals surface area (Å²) in [7, 11) is 4.95. The molecule has 0 bridgehead atoms. The van der Waals surface area contributed by atoms with Gasteiger partial charge in [0.25, 0.3) is 5.91 Å². The Morgan fingerprint density at radius 1 is 1.12 bits per heavy atom. The Morgan fingerprint density at radius 2 is 1.85 bits per heavy atom. The van der Waals surface area contributed by atoms with Crippen LogP contribution < -0.4 is 9.47 Å². The lowest BCUT2D eigenvalue weighted by Gasteiger charge is -2.07. The lowest BCUT2D eigenvalue weighted by Crippen LogP contribution is -2.23. The molecule has 3 rings (SSSR count). The summed E-state index contributed by atoms with van der Waals surface area (Å²) in [5.41, 5.74) is 1.59. The molecule has 0 atom stereocenters. The number of hydrogen-bond donors (Lipinski definition) is 0. The Kier molecular flexibility index (Phi) is 5.68. The second-order valence-corrected chi connectivity index (χ2v) is 7.38. The van der Waals surface area contributed by atoms with Crippen LogP contribution in [0, 0.1) is 0 Å². The maximum atomic E-state index is 12.6. The third-order valence-corrected chi connectivity index (χ3v) is 5.33. The highest BCUT2D eigenvalue weighted by Crippen LogP contribution is 2.35. The van der Waals surface area contributed by atoms with Crippen molar-refractivity contribution in [2.75, 3.05) is 21.3 Å². The number of likely N-dealkylation sites (N-methyl/N-ethyl adjacent to an activating group) is 1. The van der Waals surface area contributed by atoms with Gasteiger partial charge in [-0.3, -0.25) is 9.69 Å². The van der Waals surface area contributed by atoms with E-state index in [0.29, 0.717) is 15.8 Å². The molecule has 5 nitrogen and oxygen atoms in total. The van der Waals surface area contributed by atoms with Gasteiger partial charge in [0.15, 0.2) is 5.17 Å². The van der Waals surface area contributed by atoms with Crippen molar-refractivity contribution in [3.8, 4) is 11.5 Å². The van der Waals surface area contributed by atoms with Crippen molar-refractivity contribution in [3.63, 3.8) is 0 Å². The molecular weight excluding hydrogens is 416 g/mol. The minimum atomic E-state index is -0.0932. The molecule has 0 aliphatic carbocycles.